The van der Waals surface area contributed by atoms with E-state index in [2.05, 4.69) is 10.2 Å². The smallest absolute Gasteiger partial charge is 0.423 e. The van der Waals surface area contributed by atoms with Gasteiger partial charge < -0.3 is 10.0 Å². The Morgan fingerprint density at radius 1 is 0.889 bits per heavy atom. The van der Waals surface area contributed by atoms with Crippen LogP contribution in [0.15, 0.2) is 58.8 Å². The molecule has 0 aliphatic rings. The highest BCUT2D eigenvalue weighted by Crippen LogP contribution is 2.17. The van der Waals surface area contributed by atoms with Gasteiger partial charge in [0.05, 0.1) is 11.4 Å². The molecule has 2 aromatic rings. The Morgan fingerprint density at radius 3 is 2.22 bits per heavy atom. The van der Waals surface area contributed by atoms with Crippen molar-refractivity contribution in [2.45, 2.75) is 6.92 Å². The van der Waals surface area contributed by atoms with E-state index in [1.807, 2.05) is 31.2 Å². The number of benzene rings is 2. The van der Waals surface area contributed by atoms with Gasteiger partial charge in [-0.15, -0.1) is 0 Å². The van der Waals surface area contributed by atoms with Crippen molar-refractivity contribution in [1.82, 2.24) is 0 Å². The van der Waals surface area contributed by atoms with Crippen molar-refractivity contribution in [2.75, 3.05) is 0 Å². The van der Waals surface area contributed by atoms with Crippen LogP contribution in [0.2, 0.25) is 0 Å². The first-order chi connectivity index (χ1) is 8.65. The molecule has 0 bridgehead atoms. The molecule has 0 saturated heterocycles. The summed E-state index contributed by atoms with van der Waals surface area (Å²) in [6.07, 6.45) is 0. The van der Waals surface area contributed by atoms with E-state index in [9.17, 15) is 0 Å². The molecule has 4 nitrogen and oxygen atoms in total. The van der Waals surface area contributed by atoms with Gasteiger partial charge in [-0.1, -0.05) is 29.8 Å². The third-order valence-electron chi connectivity index (χ3n) is 2.48. The van der Waals surface area contributed by atoms with Gasteiger partial charge in [-0.2, -0.15) is 10.2 Å². The summed E-state index contributed by atoms with van der Waals surface area (Å²) in [5.41, 5.74) is 2.91. The molecular formula is C13H13BN2O2. The van der Waals surface area contributed by atoms with E-state index < -0.39 is 7.12 Å². The minimum absolute atomic E-state index is 0.398. The fourth-order valence-corrected chi connectivity index (χ4v) is 1.47. The van der Waals surface area contributed by atoms with E-state index in [4.69, 9.17) is 10.0 Å². The first kappa shape index (κ1) is 12.5. The van der Waals surface area contributed by atoms with E-state index in [1.54, 1.807) is 24.3 Å². The molecule has 2 N–H and O–H groups in total. The van der Waals surface area contributed by atoms with E-state index >= 15 is 0 Å². The van der Waals surface area contributed by atoms with Crippen LogP contribution in [-0.4, -0.2) is 17.2 Å². The average Bonchev–Trinajstić information content (AvgIpc) is 2.38. The lowest BCUT2D eigenvalue weighted by Crippen LogP contribution is -2.29. The van der Waals surface area contributed by atoms with Crippen molar-refractivity contribution in [1.29, 1.82) is 0 Å². The van der Waals surface area contributed by atoms with Crippen molar-refractivity contribution in [3.63, 3.8) is 0 Å². The quantitative estimate of drug-likeness (QED) is 0.637. The Morgan fingerprint density at radius 2 is 1.56 bits per heavy atom. The molecule has 2 aromatic carbocycles. The van der Waals surface area contributed by atoms with Crippen molar-refractivity contribution in [2.24, 2.45) is 10.2 Å². The second-order valence-electron chi connectivity index (χ2n) is 4.00. The van der Waals surface area contributed by atoms with Gasteiger partial charge in [0.15, 0.2) is 0 Å². The van der Waals surface area contributed by atoms with Gasteiger partial charge in [-0.3, -0.25) is 0 Å². The zero-order valence-electron chi connectivity index (χ0n) is 9.99. The van der Waals surface area contributed by atoms with Gasteiger partial charge in [0.1, 0.15) is 0 Å². The summed E-state index contributed by atoms with van der Waals surface area (Å²) in [5.74, 6) is 0. The third-order valence-corrected chi connectivity index (χ3v) is 2.48. The summed E-state index contributed by atoms with van der Waals surface area (Å²) in [6, 6.07) is 14.3. The Labute approximate surface area is 106 Å². The maximum Gasteiger partial charge on any atom is 0.488 e. The Bertz CT molecular complexity index is 553. The molecule has 5 heteroatoms. The van der Waals surface area contributed by atoms with Crippen LogP contribution in [0, 0.1) is 6.92 Å². The summed E-state index contributed by atoms with van der Waals surface area (Å²) in [7, 11) is -1.49. The molecule has 0 spiro atoms. The predicted octanol–water partition coefficient (Wildman–Crippen LogP) is 2.09. The number of azo groups is 1. The molecule has 2 rings (SSSR count). The minimum Gasteiger partial charge on any atom is -0.423 e. The average molecular weight is 240 g/mol. The first-order valence-corrected chi connectivity index (χ1v) is 5.60. The Kier molecular flexibility index (Phi) is 3.87. The van der Waals surface area contributed by atoms with E-state index in [0.29, 0.717) is 11.2 Å². The van der Waals surface area contributed by atoms with Crippen LogP contribution in [0.5, 0.6) is 0 Å². The molecular weight excluding hydrogens is 227 g/mol. The molecule has 0 aliphatic heterocycles. The summed E-state index contributed by atoms with van der Waals surface area (Å²) in [6.45, 7) is 2.01. The van der Waals surface area contributed by atoms with Crippen molar-refractivity contribution < 1.29 is 10.0 Å². The van der Waals surface area contributed by atoms with Crippen molar-refractivity contribution in [3.8, 4) is 0 Å². The lowest BCUT2D eigenvalue weighted by Gasteiger charge is -1.99. The molecule has 0 saturated carbocycles. The molecule has 0 fully saturated rings. The van der Waals surface area contributed by atoms with Crippen molar-refractivity contribution in [3.05, 3.63) is 54.1 Å². The van der Waals surface area contributed by atoms with Gasteiger partial charge in [0, 0.05) is 0 Å². The van der Waals surface area contributed by atoms with Gasteiger partial charge >= 0.3 is 7.12 Å². The van der Waals surface area contributed by atoms with Gasteiger partial charge in [0.2, 0.25) is 0 Å². The highest BCUT2D eigenvalue weighted by Gasteiger charge is 2.10. The highest BCUT2D eigenvalue weighted by atomic mass is 16.4. The van der Waals surface area contributed by atoms with Crippen LogP contribution in [0.3, 0.4) is 0 Å². The number of nitrogens with zero attached hydrogens (tertiary/aromatic N) is 2. The molecule has 90 valence electrons. The van der Waals surface area contributed by atoms with Crippen LogP contribution < -0.4 is 5.46 Å². The van der Waals surface area contributed by atoms with Gasteiger partial charge in [-0.05, 0) is 36.7 Å². The summed E-state index contributed by atoms with van der Waals surface area (Å²) < 4.78 is 0. The van der Waals surface area contributed by atoms with E-state index in [-0.39, 0.29) is 0 Å². The molecule has 0 radical (unpaired) electrons. The fraction of sp³-hybridized carbons (Fsp3) is 0.0769. The topological polar surface area (TPSA) is 65.2 Å². The minimum atomic E-state index is -1.49. The summed E-state index contributed by atoms with van der Waals surface area (Å²) in [4.78, 5) is 0. The lowest BCUT2D eigenvalue weighted by molar-refractivity contribution is 0.426. The van der Waals surface area contributed by atoms with Crippen LogP contribution in [-0.2, 0) is 0 Å². The molecule has 0 aliphatic carbocycles. The van der Waals surface area contributed by atoms with E-state index in [1.165, 1.54) is 5.56 Å². The lowest BCUT2D eigenvalue weighted by atomic mass is 9.80. The van der Waals surface area contributed by atoms with E-state index in [0.717, 1.165) is 5.69 Å². The van der Waals surface area contributed by atoms with Crippen LogP contribution in [0.4, 0.5) is 11.4 Å². The standard InChI is InChI=1S/C13H13BN2O2/c1-10-5-7-12(8-6-10)15-16-13-4-2-3-11(9-13)14(17)18/h2-9,17-18H,1H3. The molecule has 0 aromatic heterocycles. The van der Waals surface area contributed by atoms with Crippen LogP contribution >= 0.6 is 0 Å². The zero-order valence-corrected chi connectivity index (χ0v) is 9.99. The van der Waals surface area contributed by atoms with Gasteiger partial charge in [0.25, 0.3) is 0 Å². The second kappa shape index (κ2) is 5.57. The normalized spacial score (nSPS) is 10.8. The zero-order chi connectivity index (χ0) is 13.0. The maximum absolute atomic E-state index is 9.05. The number of hydrogen-bond acceptors (Lipinski definition) is 4. The largest absolute Gasteiger partial charge is 0.488 e. The fourth-order valence-electron chi connectivity index (χ4n) is 1.47. The monoisotopic (exact) mass is 240 g/mol. The molecule has 0 amide bonds. The van der Waals surface area contributed by atoms with Crippen LogP contribution in [0.1, 0.15) is 5.56 Å². The highest BCUT2D eigenvalue weighted by molar-refractivity contribution is 6.58. The SMILES string of the molecule is Cc1ccc(N=Nc2cccc(B(O)O)c2)cc1. The van der Waals surface area contributed by atoms with Crippen molar-refractivity contribution >= 4 is 24.0 Å². The van der Waals surface area contributed by atoms with Crippen LogP contribution in [0.25, 0.3) is 0 Å². The first-order valence-electron chi connectivity index (χ1n) is 5.60. The predicted molar refractivity (Wildman–Crippen MR) is 71.6 cm³/mol. The number of rotatable bonds is 3. The summed E-state index contributed by atoms with van der Waals surface area (Å²) >= 11 is 0. The molecule has 0 atom stereocenters. The number of hydrogen-bond donors (Lipinski definition) is 2. The summed E-state index contributed by atoms with van der Waals surface area (Å²) in [5, 5.41) is 26.2. The van der Waals surface area contributed by atoms with Gasteiger partial charge in [-0.25, -0.2) is 0 Å². The number of aryl methyl sites for hydroxylation is 1. The molecule has 18 heavy (non-hydrogen) atoms. The Balaban J connectivity index is 2.18. The molecule has 0 unspecified atom stereocenters. The maximum atomic E-state index is 9.05. The third kappa shape index (κ3) is 3.26. The molecule has 0 heterocycles. The second-order valence-corrected chi connectivity index (χ2v) is 4.00. The Hall–Kier alpha value is -1.98.